The summed E-state index contributed by atoms with van der Waals surface area (Å²) in [6.45, 7) is 4.30. The Morgan fingerprint density at radius 1 is 1.15 bits per heavy atom. The van der Waals surface area contributed by atoms with Crippen LogP contribution in [0.4, 0.5) is 0 Å². The zero-order valence-electron chi connectivity index (χ0n) is 12.4. The first kappa shape index (κ1) is 13.4. The lowest BCUT2D eigenvalue weighted by atomic mass is 10.0. The van der Waals surface area contributed by atoms with Crippen LogP contribution in [0.2, 0.25) is 0 Å². The summed E-state index contributed by atoms with van der Waals surface area (Å²) in [4.78, 5) is 0. The largest absolute Gasteiger partial charge is 0.496 e. The van der Waals surface area contributed by atoms with Crippen molar-refractivity contribution < 1.29 is 4.74 Å². The molecule has 0 aromatic heterocycles. The molecule has 0 bridgehead atoms. The van der Waals surface area contributed by atoms with Gasteiger partial charge in [0.2, 0.25) is 0 Å². The van der Waals surface area contributed by atoms with Gasteiger partial charge in [0, 0.05) is 18.7 Å². The maximum absolute atomic E-state index is 5.54. The lowest BCUT2D eigenvalue weighted by Crippen LogP contribution is -2.23. The molecule has 0 atom stereocenters. The molecule has 1 fully saturated rings. The van der Waals surface area contributed by atoms with E-state index in [-0.39, 0.29) is 0 Å². The Morgan fingerprint density at radius 3 is 2.65 bits per heavy atom. The Hall–Kier alpha value is -1.54. The van der Waals surface area contributed by atoms with Crippen molar-refractivity contribution in [3.05, 3.63) is 42.0 Å². The predicted octanol–water partition coefficient (Wildman–Crippen LogP) is 4.13. The fourth-order valence-electron chi connectivity index (χ4n) is 2.97. The maximum Gasteiger partial charge on any atom is 0.123 e. The molecular formula is C18H23NO. The highest BCUT2D eigenvalue weighted by atomic mass is 16.5. The Morgan fingerprint density at radius 2 is 1.95 bits per heavy atom. The van der Waals surface area contributed by atoms with Gasteiger partial charge in [-0.05, 0) is 41.5 Å². The number of fused-ring (bicyclic) bond motifs is 1. The molecule has 2 heteroatoms. The van der Waals surface area contributed by atoms with E-state index in [0.717, 1.165) is 18.8 Å². The molecule has 20 heavy (non-hydrogen) atoms. The van der Waals surface area contributed by atoms with Gasteiger partial charge in [0.15, 0.2) is 0 Å². The number of nitrogens with one attached hydrogen (secondary N) is 1. The minimum absolute atomic E-state index is 0.581. The van der Waals surface area contributed by atoms with Gasteiger partial charge in [0.05, 0.1) is 7.11 Å². The molecule has 2 nitrogen and oxygen atoms in total. The molecular weight excluding hydrogens is 246 g/mol. The van der Waals surface area contributed by atoms with Gasteiger partial charge in [-0.2, -0.15) is 0 Å². The number of methoxy groups -OCH3 is 1. The quantitative estimate of drug-likeness (QED) is 0.851. The highest BCUT2D eigenvalue weighted by Gasteiger charge is 2.39. The number of benzene rings is 2. The molecule has 1 saturated carbocycles. The van der Waals surface area contributed by atoms with Crippen LogP contribution in [0.5, 0.6) is 5.75 Å². The normalized spacial score (nSPS) is 16.3. The van der Waals surface area contributed by atoms with Crippen molar-refractivity contribution in [2.24, 2.45) is 5.41 Å². The zero-order valence-corrected chi connectivity index (χ0v) is 12.4. The molecule has 0 amide bonds. The number of hydrogen-bond acceptors (Lipinski definition) is 2. The highest BCUT2D eigenvalue weighted by molar-refractivity contribution is 5.87. The molecule has 0 heterocycles. The lowest BCUT2D eigenvalue weighted by Gasteiger charge is -2.16. The van der Waals surface area contributed by atoms with Crippen molar-refractivity contribution in [1.29, 1.82) is 0 Å². The third kappa shape index (κ3) is 2.53. The maximum atomic E-state index is 5.54. The van der Waals surface area contributed by atoms with Gasteiger partial charge in [0.1, 0.15) is 5.75 Å². The minimum Gasteiger partial charge on any atom is -0.496 e. The van der Waals surface area contributed by atoms with Crippen LogP contribution in [0.25, 0.3) is 10.8 Å². The third-order valence-electron chi connectivity index (χ3n) is 4.73. The summed E-state index contributed by atoms with van der Waals surface area (Å²) < 4.78 is 5.54. The van der Waals surface area contributed by atoms with Crippen LogP contribution in [-0.4, -0.2) is 13.7 Å². The molecule has 0 unspecified atom stereocenters. The van der Waals surface area contributed by atoms with Gasteiger partial charge >= 0.3 is 0 Å². The molecule has 0 saturated heterocycles. The van der Waals surface area contributed by atoms with Crippen molar-refractivity contribution in [2.45, 2.75) is 32.7 Å². The van der Waals surface area contributed by atoms with E-state index in [1.165, 1.54) is 35.6 Å². The summed E-state index contributed by atoms with van der Waals surface area (Å²) in [5.74, 6) is 0.984. The summed E-state index contributed by atoms with van der Waals surface area (Å²) >= 11 is 0. The molecule has 1 aliphatic carbocycles. The second kappa shape index (κ2) is 5.45. The molecule has 3 rings (SSSR count). The Labute approximate surface area is 121 Å². The van der Waals surface area contributed by atoms with E-state index in [0.29, 0.717) is 5.41 Å². The van der Waals surface area contributed by atoms with Crippen LogP contribution in [-0.2, 0) is 6.54 Å². The van der Waals surface area contributed by atoms with Gasteiger partial charge in [-0.1, -0.05) is 37.3 Å². The lowest BCUT2D eigenvalue weighted by molar-refractivity contribution is 0.403. The van der Waals surface area contributed by atoms with Crippen molar-refractivity contribution in [3.63, 3.8) is 0 Å². The molecule has 1 aliphatic rings. The predicted molar refractivity (Wildman–Crippen MR) is 84.2 cm³/mol. The number of rotatable bonds is 6. The van der Waals surface area contributed by atoms with E-state index < -0.39 is 0 Å². The minimum atomic E-state index is 0.581. The SMILES string of the molecule is CCC1(CNCc2c(OC)ccc3ccccc23)CC1. The number of hydrogen-bond donors (Lipinski definition) is 1. The Balaban J connectivity index is 1.81. The second-order valence-electron chi connectivity index (χ2n) is 5.92. The van der Waals surface area contributed by atoms with E-state index in [4.69, 9.17) is 4.74 Å². The van der Waals surface area contributed by atoms with Crippen LogP contribution < -0.4 is 10.1 Å². The Kier molecular flexibility index (Phi) is 3.66. The third-order valence-corrected chi connectivity index (χ3v) is 4.73. The molecule has 0 aliphatic heterocycles. The molecule has 1 N–H and O–H groups in total. The average molecular weight is 269 g/mol. The van der Waals surface area contributed by atoms with Crippen molar-refractivity contribution in [1.82, 2.24) is 5.32 Å². The fourth-order valence-corrected chi connectivity index (χ4v) is 2.97. The van der Waals surface area contributed by atoms with Crippen LogP contribution in [0.1, 0.15) is 31.7 Å². The van der Waals surface area contributed by atoms with Gasteiger partial charge < -0.3 is 10.1 Å². The monoisotopic (exact) mass is 269 g/mol. The van der Waals surface area contributed by atoms with E-state index in [1.54, 1.807) is 7.11 Å². The van der Waals surface area contributed by atoms with Gasteiger partial charge in [0.25, 0.3) is 0 Å². The van der Waals surface area contributed by atoms with Crippen LogP contribution in [0, 0.1) is 5.41 Å². The van der Waals surface area contributed by atoms with Crippen molar-refractivity contribution >= 4 is 10.8 Å². The van der Waals surface area contributed by atoms with Crippen molar-refractivity contribution in [3.8, 4) is 5.75 Å². The van der Waals surface area contributed by atoms with Crippen LogP contribution >= 0.6 is 0 Å². The summed E-state index contributed by atoms with van der Waals surface area (Å²) in [7, 11) is 1.75. The van der Waals surface area contributed by atoms with Crippen molar-refractivity contribution in [2.75, 3.05) is 13.7 Å². The van der Waals surface area contributed by atoms with Crippen LogP contribution in [0.15, 0.2) is 36.4 Å². The summed E-state index contributed by atoms with van der Waals surface area (Å²) in [6.07, 6.45) is 4.04. The molecule has 2 aromatic rings. The standard InChI is InChI=1S/C18H23NO/c1-3-18(10-11-18)13-19-12-16-15-7-5-4-6-14(15)8-9-17(16)20-2/h4-9,19H,3,10-13H2,1-2H3. The van der Waals surface area contributed by atoms with Gasteiger partial charge in [-0.15, -0.1) is 0 Å². The van der Waals surface area contributed by atoms with E-state index in [1.807, 2.05) is 0 Å². The summed E-state index contributed by atoms with van der Waals surface area (Å²) in [6, 6.07) is 12.7. The topological polar surface area (TPSA) is 21.3 Å². The zero-order chi connectivity index (χ0) is 14.0. The highest BCUT2D eigenvalue weighted by Crippen LogP contribution is 2.47. The fraction of sp³-hybridized carbons (Fsp3) is 0.444. The molecule has 0 radical (unpaired) electrons. The van der Waals surface area contributed by atoms with E-state index in [2.05, 4.69) is 48.6 Å². The summed E-state index contributed by atoms with van der Waals surface area (Å²) in [5.41, 5.74) is 1.86. The average Bonchev–Trinajstić information content (AvgIpc) is 3.28. The first-order valence-electron chi connectivity index (χ1n) is 7.53. The molecule has 106 valence electrons. The summed E-state index contributed by atoms with van der Waals surface area (Å²) in [5, 5.41) is 6.21. The second-order valence-corrected chi connectivity index (χ2v) is 5.92. The first-order valence-corrected chi connectivity index (χ1v) is 7.53. The first-order chi connectivity index (χ1) is 9.78. The molecule has 0 spiro atoms. The molecule has 2 aromatic carbocycles. The van der Waals surface area contributed by atoms with Gasteiger partial charge in [-0.25, -0.2) is 0 Å². The van der Waals surface area contributed by atoms with E-state index >= 15 is 0 Å². The van der Waals surface area contributed by atoms with E-state index in [9.17, 15) is 0 Å². The van der Waals surface area contributed by atoms with Crippen LogP contribution in [0.3, 0.4) is 0 Å². The Bertz CT molecular complexity index is 601. The smallest absolute Gasteiger partial charge is 0.123 e. The van der Waals surface area contributed by atoms with Gasteiger partial charge in [-0.3, -0.25) is 0 Å². The number of ether oxygens (including phenoxy) is 1.